The Bertz CT molecular complexity index is 577. The second-order valence-electron chi connectivity index (χ2n) is 7.42. The lowest BCUT2D eigenvalue weighted by Crippen LogP contribution is -2.49. The second kappa shape index (κ2) is 3.99. The van der Waals surface area contributed by atoms with Gasteiger partial charge in [-0.1, -0.05) is 12.2 Å². The molecule has 5 atom stereocenters. The molecule has 0 aromatic heterocycles. The summed E-state index contributed by atoms with van der Waals surface area (Å²) in [7, 11) is 0. The Kier molecular flexibility index (Phi) is 2.57. The van der Waals surface area contributed by atoms with E-state index >= 15 is 0 Å². The summed E-state index contributed by atoms with van der Waals surface area (Å²) in [5.74, 6) is 1.19. The fourth-order valence-electron chi connectivity index (χ4n) is 4.70. The number of ether oxygens (including phenoxy) is 2. The Hall–Kier alpha value is -1.13. The molecule has 4 rings (SSSR count). The predicted octanol–water partition coefficient (Wildman–Crippen LogP) is 2.12. The quantitative estimate of drug-likeness (QED) is 0.752. The third kappa shape index (κ3) is 1.66. The van der Waals surface area contributed by atoms with Gasteiger partial charge < -0.3 is 14.6 Å². The number of carbonyl (C=O) groups excluding carboxylic acids is 1. The molecule has 2 aliphatic carbocycles. The summed E-state index contributed by atoms with van der Waals surface area (Å²) < 4.78 is 11.9. The van der Waals surface area contributed by atoms with E-state index in [4.69, 9.17) is 9.47 Å². The molecule has 114 valence electrons. The number of ketones is 1. The molecule has 1 saturated heterocycles. The van der Waals surface area contributed by atoms with Crippen molar-refractivity contribution in [2.75, 3.05) is 6.61 Å². The van der Waals surface area contributed by atoms with Gasteiger partial charge in [0.05, 0.1) is 6.61 Å². The van der Waals surface area contributed by atoms with Crippen molar-refractivity contribution in [1.29, 1.82) is 0 Å². The van der Waals surface area contributed by atoms with E-state index in [1.165, 1.54) is 0 Å². The number of carbonyl (C=O) groups is 1. The van der Waals surface area contributed by atoms with Crippen LogP contribution in [-0.4, -0.2) is 34.8 Å². The highest BCUT2D eigenvalue weighted by Gasteiger charge is 2.59. The maximum absolute atomic E-state index is 12.6. The van der Waals surface area contributed by atoms with Crippen LogP contribution in [0.5, 0.6) is 0 Å². The Labute approximate surface area is 124 Å². The van der Waals surface area contributed by atoms with Crippen molar-refractivity contribution >= 4 is 5.78 Å². The van der Waals surface area contributed by atoms with Gasteiger partial charge in [0.1, 0.15) is 17.5 Å². The van der Waals surface area contributed by atoms with Gasteiger partial charge in [0, 0.05) is 17.9 Å². The zero-order valence-corrected chi connectivity index (χ0v) is 12.6. The molecule has 0 unspecified atom stereocenters. The van der Waals surface area contributed by atoms with Gasteiger partial charge in [0.25, 0.3) is 0 Å². The standard InChI is InChI=1S/C17H22O4/c1-9(2)10-4-5-16(3)12(10)6-11-14(21-16)13-7-17(19,8-20-13)15(11)18/h10,12-13,19H,1,4-8H2,2-3H3/t10-,12-,13-,16+,17+/m1/s1. The minimum Gasteiger partial charge on any atom is -0.488 e. The molecular weight excluding hydrogens is 268 g/mol. The van der Waals surface area contributed by atoms with Gasteiger partial charge in [0.2, 0.25) is 0 Å². The van der Waals surface area contributed by atoms with Crippen LogP contribution in [0.15, 0.2) is 23.5 Å². The van der Waals surface area contributed by atoms with E-state index in [9.17, 15) is 9.90 Å². The molecule has 0 aromatic carbocycles. The van der Waals surface area contributed by atoms with Gasteiger partial charge in [-0.3, -0.25) is 4.79 Å². The zero-order chi connectivity index (χ0) is 15.0. The van der Waals surface area contributed by atoms with Crippen LogP contribution < -0.4 is 0 Å². The van der Waals surface area contributed by atoms with Crippen molar-refractivity contribution in [1.82, 2.24) is 0 Å². The van der Waals surface area contributed by atoms with E-state index < -0.39 is 5.60 Å². The molecule has 0 spiro atoms. The normalized spacial score (nSPS) is 48.0. The maximum atomic E-state index is 12.6. The smallest absolute Gasteiger partial charge is 0.196 e. The van der Waals surface area contributed by atoms with Crippen LogP contribution in [0, 0.1) is 11.8 Å². The predicted molar refractivity (Wildman–Crippen MR) is 76.5 cm³/mol. The average molecular weight is 290 g/mol. The van der Waals surface area contributed by atoms with Crippen molar-refractivity contribution in [3.05, 3.63) is 23.5 Å². The van der Waals surface area contributed by atoms with Crippen molar-refractivity contribution in [2.24, 2.45) is 11.8 Å². The summed E-state index contributed by atoms with van der Waals surface area (Å²) in [5, 5.41) is 10.4. The Morgan fingerprint density at radius 1 is 1.48 bits per heavy atom. The number of rotatable bonds is 1. The molecule has 2 aliphatic heterocycles. The first kappa shape index (κ1) is 13.5. The van der Waals surface area contributed by atoms with Crippen molar-refractivity contribution < 1.29 is 19.4 Å². The lowest BCUT2D eigenvalue weighted by atomic mass is 9.72. The van der Waals surface area contributed by atoms with Crippen molar-refractivity contribution in [3.63, 3.8) is 0 Å². The summed E-state index contributed by atoms with van der Waals surface area (Å²) >= 11 is 0. The number of allylic oxidation sites excluding steroid dienone is 1. The van der Waals surface area contributed by atoms with E-state index in [2.05, 4.69) is 20.4 Å². The molecule has 1 saturated carbocycles. The first-order chi connectivity index (χ1) is 9.84. The number of hydrogen-bond acceptors (Lipinski definition) is 4. The number of Topliss-reactive ketones (excluding diaryl/α,β-unsaturated/α-hetero) is 1. The minimum absolute atomic E-state index is 0.0954. The average Bonchev–Trinajstić information content (AvgIpc) is 2.94. The van der Waals surface area contributed by atoms with Gasteiger partial charge in [-0.2, -0.15) is 0 Å². The molecule has 0 aromatic rings. The first-order valence-electron chi connectivity index (χ1n) is 7.80. The minimum atomic E-state index is -1.32. The van der Waals surface area contributed by atoms with Crippen molar-refractivity contribution in [3.8, 4) is 0 Å². The Morgan fingerprint density at radius 3 is 2.95 bits per heavy atom. The van der Waals surface area contributed by atoms with Crippen LogP contribution in [0.2, 0.25) is 0 Å². The molecule has 4 aliphatic rings. The number of aliphatic hydroxyl groups is 1. The molecule has 0 amide bonds. The van der Waals surface area contributed by atoms with Crippen LogP contribution >= 0.6 is 0 Å². The summed E-state index contributed by atoms with van der Waals surface area (Å²) in [4.78, 5) is 12.6. The summed E-state index contributed by atoms with van der Waals surface area (Å²) in [6, 6.07) is 0. The van der Waals surface area contributed by atoms with Crippen molar-refractivity contribution in [2.45, 2.75) is 56.8 Å². The van der Waals surface area contributed by atoms with Crippen LogP contribution in [-0.2, 0) is 14.3 Å². The van der Waals surface area contributed by atoms with Gasteiger partial charge >= 0.3 is 0 Å². The third-order valence-electron chi connectivity index (χ3n) is 5.95. The van der Waals surface area contributed by atoms with Crippen LogP contribution in [0.4, 0.5) is 0 Å². The molecule has 1 N–H and O–H groups in total. The second-order valence-corrected chi connectivity index (χ2v) is 7.42. The van der Waals surface area contributed by atoms with Gasteiger partial charge in [-0.05, 0) is 39.0 Å². The molecule has 4 nitrogen and oxygen atoms in total. The molecule has 21 heavy (non-hydrogen) atoms. The van der Waals surface area contributed by atoms with Gasteiger partial charge in [0.15, 0.2) is 11.4 Å². The SMILES string of the molecule is C=C(C)[C@H]1CC[C@]2(C)OC3=C(C[C@H]12)C(=O)[C@@]1(O)CO[C@@H]3C1. The van der Waals surface area contributed by atoms with Crippen LogP contribution in [0.25, 0.3) is 0 Å². The van der Waals surface area contributed by atoms with Gasteiger partial charge in [-0.15, -0.1) is 0 Å². The molecule has 2 bridgehead atoms. The fourth-order valence-corrected chi connectivity index (χ4v) is 4.70. The lowest BCUT2D eigenvalue weighted by Gasteiger charge is -2.44. The number of hydrogen-bond donors (Lipinski definition) is 1. The monoisotopic (exact) mass is 290 g/mol. The first-order valence-corrected chi connectivity index (χ1v) is 7.80. The highest BCUT2D eigenvalue weighted by molar-refractivity contribution is 6.04. The molecule has 0 radical (unpaired) electrons. The van der Waals surface area contributed by atoms with E-state index in [1.54, 1.807) is 0 Å². The molecular formula is C17H22O4. The topological polar surface area (TPSA) is 55.8 Å². The lowest BCUT2D eigenvalue weighted by molar-refractivity contribution is -0.136. The Balaban J connectivity index is 1.75. The largest absolute Gasteiger partial charge is 0.488 e. The molecule has 4 heteroatoms. The van der Waals surface area contributed by atoms with Crippen LogP contribution in [0.1, 0.15) is 39.5 Å². The van der Waals surface area contributed by atoms with E-state index in [0.717, 1.165) is 18.4 Å². The molecule has 2 heterocycles. The summed E-state index contributed by atoms with van der Waals surface area (Å²) in [6.45, 7) is 8.41. The van der Waals surface area contributed by atoms with E-state index in [1.807, 2.05) is 0 Å². The highest BCUT2D eigenvalue weighted by Crippen LogP contribution is 2.55. The highest BCUT2D eigenvalue weighted by atomic mass is 16.6. The van der Waals surface area contributed by atoms with E-state index in [0.29, 0.717) is 30.1 Å². The van der Waals surface area contributed by atoms with Crippen LogP contribution in [0.3, 0.4) is 0 Å². The Morgan fingerprint density at radius 2 is 2.24 bits per heavy atom. The van der Waals surface area contributed by atoms with Gasteiger partial charge in [-0.25, -0.2) is 0 Å². The third-order valence-corrected chi connectivity index (χ3v) is 5.95. The maximum Gasteiger partial charge on any atom is 0.196 e. The summed E-state index contributed by atoms with van der Waals surface area (Å²) in [6.07, 6.45) is 2.82. The van der Waals surface area contributed by atoms with E-state index in [-0.39, 0.29) is 30.0 Å². The fraction of sp³-hybridized carbons (Fsp3) is 0.706. The summed E-state index contributed by atoms with van der Waals surface area (Å²) in [5.41, 5.74) is 0.279. The molecule has 2 fully saturated rings. The number of fused-ring (bicyclic) bond motifs is 4. The zero-order valence-electron chi connectivity index (χ0n) is 12.6.